The SMILES string of the molecule is CCc1c(N2CCN(C(=O)OC(C)(C)C)CC2)c(=O)n2nc(C3=CCOCC3)nc2n1CC(O)OC. The van der Waals surface area contributed by atoms with Crippen LogP contribution in [-0.2, 0) is 27.2 Å². The number of fused-ring (bicyclic) bond motifs is 1. The fourth-order valence-corrected chi connectivity index (χ4v) is 4.49. The Labute approximate surface area is 210 Å². The van der Waals surface area contributed by atoms with Crippen molar-refractivity contribution in [1.29, 1.82) is 0 Å². The predicted molar refractivity (Wildman–Crippen MR) is 133 cm³/mol. The van der Waals surface area contributed by atoms with Crippen molar-refractivity contribution in [1.82, 2.24) is 24.1 Å². The van der Waals surface area contributed by atoms with Gasteiger partial charge < -0.3 is 33.7 Å². The maximum absolute atomic E-state index is 13.8. The molecule has 36 heavy (non-hydrogen) atoms. The lowest BCUT2D eigenvalue weighted by atomic mass is 10.1. The number of nitrogens with zero attached hydrogens (tertiary/aromatic N) is 6. The summed E-state index contributed by atoms with van der Waals surface area (Å²) >= 11 is 0. The van der Waals surface area contributed by atoms with Crippen molar-refractivity contribution in [3.05, 3.63) is 27.9 Å². The number of ether oxygens (including phenoxy) is 3. The molecule has 1 atom stereocenters. The van der Waals surface area contributed by atoms with E-state index in [1.54, 1.807) is 4.90 Å². The lowest BCUT2D eigenvalue weighted by Crippen LogP contribution is -2.51. The number of hydrogen-bond donors (Lipinski definition) is 1. The van der Waals surface area contributed by atoms with Crippen molar-refractivity contribution in [3.63, 3.8) is 0 Å². The number of carbonyl (C=O) groups is 1. The third kappa shape index (κ3) is 5.40. The molecule has 12 nitrogen and oxygen atoms in total. The van der Waals surface area contributed by atoms with E-state index in [1.165, 1.54) is 11.6 Å². The molecule has 2 aromatic heterocycles. The van der Waals surface area contributed by atoms with Crippen LogP contribution < -0.4 is 10.5 Å². The van der Waals surface area contributed by atoms with Gasteiger partial charge in [-0.2, -0.15) is 9.50 Å². The maximum Gasteiger partial charge on any atom is 0.410 e. The summed E-state index contributed by atoms with van der Waals surface area (Å²) in [5.41, 5.74) is 1.30. The highest BCUT2D eigenvalue weighted by atomic mass is 16.6. The number of rotatable bonds is 6. The summed E-state index contributed by atoms with van der Waals surface area (Å²) in [6.07, 6.45) is 1.67. The fraction of sp³-hybridized carbons (Fsp3) is 0.667. The zero-order valence-corrected chi connectivity index (χ0v) is 21.7. The Morgan fingerprint density at radius 3 is 2.56 bits per heavy atom. The van der Waals surface area contributed by atoms with Gasteiger partial charge in [0.2, 0.25) is 5.78 Å². The van der Waals surface area contributed by atoms with E-state index in [0.29, 0.717) is 69.5 Å². The van der Waals surface area contributed by atoms with Gasteiger partial charge in [-0.05, 0) is 39.2 Å². The van der Waals surface area contributed by atoms with Gasteiger partial charge in [0, 0.05) is 39.0 Å². The number of hydrogen-bond acceptors (Lipinski definition) is 9. The number of amides is 1. The van der Waals surface area contributed by atoms with Crippen LogP contribution in [0.25, 0.3) is 11.4 Å². The molecule has 1 saturated heterocycles. The van der Waals surface area contributed by atoms with Gasteiger partial charge in [-0.3, -0.25) is 4.79 Å². The zero-order valence-electron chi connectivity index (χ0n) is 21.7. The Balaban J connectivity index is 1.73. The van der Waals surface area contributed by atoms with E-state index >= 15 is 0 Å². The largest absolute Gasteiger partial charge is 0.444 e. The number of anilines is 1. The Morgan fingerprint density at radius 1 is 1.25 bits per heavy atom. The second-order valence-corrected chi connectivity index (χ2v) is 9.91. The first kappa shape index (κ1) is 26.1. The quantitative estimate of drug-likeness (QED) is 0.579. The topological polar surface area (TPSA) is 124 Å². The van der Waals surface area contributed by atoms with E-state index in [9.17, 15) is 14.7 Å². The minimum absolute atomic E-state index is 0.0919. The van der Waals surface area contributed by atoms with Crippen LogP contribution >= 0.6 is 0 Å². The van der Waals surface area contributed by atoms with Crippen molar-refractivity contribution >= 4 is 23.1 Å². The third-order valence-corrected chi connectivity index (χ3v) is 6.27. The van der Waals surface area contributed by atoms with Gasteiger partial charge in [-0.25, -0.2) is 4.79 Å². The van der Waals surface area contributed by atoms with E-state index in [4.69, 9.17) is 14.2 Å². The Bertz CT molecular complexity index is 1190. The maximum atomic E-state index is 13.8. The molecule has 2 aliphatic rings. The van der Waals surface area contributed by atoms with Gasteiger partial charge in [0.15, 0.2) is 12.1 Å². The molecule has 1 unspecified atom stereocenters. The van der Waals surface area contributed by atoms with Gasteiger partial charge in [0.1, 0.15) is 11.3 Å². The molecule has 198 valence electrons. The highest BCUT2D eigenvalue weighted by Crippen LogP contribution is 2.24. The van der Waals surface area contributed by atoms with E-state index in [1.807, 2.05) is 43.2 Å². The summed E-state index contributed by atoms with van der Waals surface area (Å²) in [4.78, 5) is 34.6. The van der Waals surface area contributed by atoms with Crippen LogP contribution in [-0.4, -0.2) is 93.7 Å². The van der Waals surface area contributed by atoms with Crippen molar-refractivity contribution in [2.75, 3.05) is 51.4 Å². The normalized spacial score (nSPS) is 17.9. The highest BCUT2D eigenvalue weighted by molar-refractivity contribution is 5.69. The zero-order chi connectivity index (χ0) is 26.0. The molecule has 0 bridgehead atoms. The monoisotopic (exact) mass is 504 g/mol. The molecule has 2 aliphatic heterocycles. The standard InChI is InChI=1S/C24H36N6O6/c1-6-17-19(27-9-11-28(12-10-27)23(33)36-24(2,3)4)21(32)30-22(29(17)15-18(31)34-5)25-20(26-30)16-7-13-35-14-8-16/h7,18,31H,6,8-15H2,1-5H3. The summed E-state index contributed by atoms with van der Waals surface area (Å²) in [5, 5.41) is 14.9. The summed E-state index contributed by atoms with van der Waals surface area (Å²) in [7, 11) is 1.43. The van der Waals surface area contributed by atoms with Crippen molar-refractivity contribution in [2.45, 2.75) is 59.0 Å². The Morgan fingerprint density at radius 2 is 1.97 bits per heavy atom. The predicted octanol–water partition coefficient (Wildman–Crippen LogP) is 1.28. The van der Waals surface area contributed by atoms with Crippen LogP contribution in [0, 0.1) is 0 Å². The summed E-state index contributed by atoms with van der Waals surface area (Å²) in [5.74, 6) is 0.830. The number of methoxy groups -OCH3 is 1. The van der Waals surface area contributed by atoms with E-state index in [0.717, 1.165) is 11.3 Å². The number of aromatic nitrogens is 4. The molecule has 0 aliphatic carbocycles. The first-order valence-corrected chi connectivity index (χ1v) is 12.4. The smallest absolute Gasteiger partial charge is 0.410 e. The molecule has 12 heteroatoms. The van der Waals surface area contributed by atoms with E-state index in [-0.39, 0.29) is 18.2 Å². The highest BCUT2D eigenvalue weighted by Gasteiger charge is 2.30. The molecule has 4 rings (SSSR count). The Hall–Kier alpha value is -2.96. The minimum atomic E-state index is -1.08. The molecule has 0 aromatic carbocycles. The van der Waals surface area contributed by atoms with Crippen LogP contribution in [0.3, 0.4) is 0 Å². The van der Waals surface area contributed by atoms with Gasteiger partial charge in [0.05, 0.1) is 19.8 Å². The van der Waals surface area contributed by atoms with Crippen LogP contribution in [0.15, 0.2) is 10.9 Å². The summed E-state index contributed by atoms with van der Waals surface area (Å²) < 4.78 is 19.1. The van der Waals surface area contributed by atoms with Crippen LogP contribution in [0.4, 0.5) is 10.5 Å². The summed E-state index contributed by atoms with van der Waals surface area (Å²) in [6.45, 7) is 10.4. The average molecular weight is 505 g/mol. The first-order valence-electron chi connectivity index (χ1n) is 12.4. The minimum Gasteiger partial charge on any atom is -0.444 e. The molecule has 0 saturated carbocycles. The van der Waals surface area contributed by atoms with Gasteiger partial charge in [-0.1, -0.05) is 13.0 Å². The van der Waals surface area contributed by atoms with Crippen molar-refractivity contribution in [2.24, 2.45) is 0 Å². The molecule has 0 spiro atoms. The molecule has 0 radical (unpaired) electrons. The molecular weight excluding hydrogens is 468 g/mol. The molecular formula is C24H36N6O6. The number of carbonyl (C=O) groups excluding carboxylic acids is 1. The third-order valence-electron chi connectivity index (χ3n) is 6.27. The van der Waals surface area contributed by atoms with Gasteiger partial charge in [0.25, 0.3) is 5.56 Å². The molecule has 2 aromatic rings. The number of aliphatic hydroxyl groups is 1. The lowest BCUT2D eigenvalue weighted by molar-refractivity contribution is -0.0834. The van der Waals surface area contributed by atoms with E-state index < -0.39 is 11.9 Å². The molecule has 1 N–H and O–H groups in total. The second kappa shape index (κ2) is 10.6. The van der Waals surface area contributed by atoms with Crippen LogP contribution in [0.5, 0.6) is 0 Å². The lowest BCUT2D eigenvalue weighted by Gasteiger charge is -2.37. The summed E-state index contributed by atoms with van der Waals surface area (Å²) in [6, 6.07) is 0. The van der Waals surface area contributed by atoms with E-state index in [2.05, 4.69) is 10.1 Å². The Kier molecular flexibility index (Phi) is 7.67. The molecule has 4 heterocycles. The van der Waals surface area contributed by atoms with Gasteiger partial charge in [-0.15, -0.1) is 5.10 Å². The fourth-order valence-electron chi connectivity index (χ4n) is 4.49. The van der Waals surface area contributed by atoms with Gasteiger partial charge >= 0.3 is 6.09 Å². The number of aliphatic hydroxyl groups excluding tert-OH is 1. The molecule has 1 amide bonds. The number of piperazine rings is 1. The van der Waals surface area contributed by atoms with Crippen molar-refractivity contribution in [3.8, 4) is 0 Å². The second-order valence-electron chi connectivity index (χ2n) is 9.91. The van der Waals surface area contributed by atoms with Crippen molar-refractivity contribution < 1.29 is 24.1 Å². The first-order chi connectivity index (χ1) is 17.1. The average Bonchev–Trinajstić information content (AvgIpc) is 3.31. The van der Waals surface area contributed by atoms with Crippen LogP contribution in [0.2, 0.25) is 0 Å². The molecule has 1 fully saturated rings. The van der Waals surface area contributed by atoms with Crippen LogP contribution in [0.1, 0.15) is 45.6 Å².